The van der Waals surface area contributed by atoms with Gasteiger partial charge in [-0.15, -0.1) is 13.2 Å². The molecule has 160 valence electrons. The van der Waals surface area contributed by atoms with Gasteiger partial charge < -0.3 is 24.4 Å². The molecule has 8 nitrogen and oxygen atoms in total. The van der Waals surface area contributed by atoms with Gasteiger partial charge in [0.25, 0.3) is 5.91 Å². The number of hydrogen-bond donors (Lipinski definition) is 1. The van der Waals surface area contributed by atoms with Crippen molar-refractivity contribution in [2.24, 2.45) is 0 Å². The zero-order chi connectivity index (χ0) is 21.6. The average Bonchev–Trinajstić information content (AvgIpc) is 2.73. The summed E-state index contributed by atoms with van der Waals surface area (Å²) in [4.78, 5) is 30.5. The molecule has 30 heavy (non-hydrogen) atoms. The maximum atomic E-state index is 12.4. The number of alkyl halides is 3. The molecule has 0 spiro atoms. The van der Waals surface area contributed by atoms with Crippen LogP contribution in [0.2, 0.25) is 0 Å². The number of hydrogen-bond acceptors (Lipinski definition) is 7. The SMILES string of the molecule is O=C(COC(=O)c1cccnc1N1CCOCC1)Nc1ccc(OC(F)(F)F)cc1. The number of nitrogens with one attached hydrogen (secondary N) is 1. The molecule has 2 heterocycles. The molecule has 1 aliphatic rings. The smallest absolute Gasteiger partial charge is 0.452 e. The summed E-state index contributed by atoms with van der Waals surface area (Å²) in [6, 6.07) is 7.72. The van der Waals surface area contributed by atoms with Gasteiger partial charge in [0.2, 0.25) is 0 Å². The molecule has 11 heteroatoms. The third-order valence-corrected chi connectivity index (χ3v) is 4.02. The van der Waals surface area contributed by atoms with Gasteiger partial charge in [0.05, 0.1) is 13.2 Å². The molecule has 1 aromatic carbocycles. The summed E-state index contributed by atoms with van der Waals surface area (Å²) in [5.41, 5.74) is 0.446. The number of nitrogens with zero attached hydrogens (tertiary/aromatic N) is 2. The van der Waals surface area contributed by atoms with Crippen LogP contribution in [0.3, 0.4) is 0 Å². The number of morpholine rings is 1. The van der Waals surface area contributed by atoms with Crippen LogP contribution >= 0.6 is 0 Å². The minimum atomic E-state index is -4.80. The Balaban J connectivity index is 1.54. The Morgan fingerprint density at radius 2 is 1.83 bits per heavy atom. The Bertz CT molecular complexity index is 884. The Morgan fingerprint density at radius 1 is 1.13 bits per heavy atom. The van der Waals surface area contributed by atoms with Crippen LogP contribution < -0.4 is 15.0 Å². The molecule has 0 atom stereocenters. The molecule has 1 N–H and O–H groups in total. The lowest BCUT2D eigenvalue weighted by Gasteiger charge is -2.28. The molecule has 0 unspecified atom stereocenters. The first kappa shape index (κ1) is 21.4. The van der Waals surface area contributed by atoms with Gasteiger partial charge in [-0.1, -0.05) is 0 Å². The molecule has 0 radical (unpaired) electrons. The van der Waals surface area contributed by atoms with Crippen LogP contribution in [-0.4, -0.2) is 56.1 Å². The van der Waals surface area contributed by atoms with Gasteiger partial charge in [0.15, 0.2) is 6.61 Å². The lowest BCUT2D eigenvalue weighted by Crippen LogP contribution is -2.37. The fourth-order valence-corrected chi connectivity index (χ4v) is 2.73. The van der Waals surface area contributed by atoms with Crippen molar-refractivity contribution >= 4 is 23.4 Å². The number of rotatable bonds is 6. The number of aromatic nitrogens is 1. The second-order valence-corrected chi connectivity index (χ2v) is 6.17. The minimum Gasteiger partial charge on any atom is -0.452 e. The van der Waals surface area contributed by atoms with Crippen molar-refractivity contribution in [3.63, 3.8) is 0 Å². The van der Waals surface area contributed by atoms with Crippen LogP contribution in [0.25, 0.3) is 0 Å². The van der Waals surface area contributed by atoms with Crippen molar-refractivity contribution < 1.29 is 37.0 Å². The standard InChI is InChI=1S/C19H18F3N3O5/c20-19(21,22)30-14-5-3-13(4-6-14)24-16(26)12-29-18(27)15-2-1-7-23-17(15)25-8-10-28-11-9-25/h1-7H,8-12H2,(H,24,26). The molecular formula is C19H18F3N3O5. The number of halogens is 3. The first-order chi connectivity index (χ1) is 14.3. The van der Waals surface area contributed by atoms with Crippen molar-refractivity contribution in [2.75, 3.05) is 43.1 Å². The summed E-state index contributed by atoms with van der Waals surface area (Å²) in [7, 11) is 0. The maximum Gasteiger partial charge on any atom is 0.573 e. The molecule has 0 saturated carbocycles. The highest BCUT2D eigenvalue weighted by atomic mass is 19.4. The van der Waals surface area contributed by atoms with Gasteiger partial charge in [-0.2, -0.15) is 0 Å². The number of carbonyl (C=O) groups excluding carboxylic acids is 2. The van der Waals surface area contributed by atoms with E-state index in [9.17, 15) is 22.8 Å². The fourth-order valence-electron chi connectivity index (χ4n) is 2.73. The van der Waals surface area contributed by atoms with E-state index in [1.807, 2.05) is 4.90 Å². The Labute approximate surface area is 169 Å². The van der Waals surface area contributed by atoms with Gasteiger partial charge in [-0.25, -0.2) is 9.78 Å². The third-order valence-electron chi connectivity index (χ3n) is 4.02. The van der Waals surface area contributed by atoms with E-state index >= 15 is 0 Å². The number of pyridine rings is 1. The monoisotopic (exact) mass is 425 g/mol. The van der Waals surface area contributed by atoms with Crippen molar-refractivity contribution in [3.8, 4) is 5.75 Å². The average molecular weight is 425 g/mol. The zero-order valence-corrected chi connectivity index (χ0v) is 15.6. The van der Waals surface area contributed by atoms with Crippen LogP contribution in [0.1, 0.15) is 10.4 Å². The largest absolute Gasteiger partial charge is 0.573 e. The number of esters is 1. The summed E-state index contributed by atoms with van der Waals surface area (Å²) in [5, 5.41) is 2.42. The van der Waals surface area contributed by atoms with Gasteiger partial charge in [0.1, 0.15) is 17.1 Å². The van der Waals surface area contributed by atoms with Crippen molar-refractivity contribution in [2.45, 2.75) is 6.36 Å². The van der Waals surface area contributed by atoms with Crippen LogP contribution in [0.5, 0.6) is 5.75 Å². The van der Waals surface area contributed by atoms with Crippen LogP contribution in [-0.2, 0) is 14.3 Å². The molecule has 0 bridgehead atoms. The second kappa shape index (κ2) is 9.44. The van der Waals surface area contributed by atoms with Crippen LogP contribution in [0, 0.1) is 0 Å². The highest BCUT2D eigenvalue weighted by molar-refractivity contribution is 5.98. The number of anilines is 2. The molecule has 1 saturated heterocycles. The zero-order valence-electron chi connectivity index (χ0n) is 15.6. The summed E-state index contributed by atoms with van der Waals surface area (Å²) in [6.07, 6.45) is -3.24. The topological polar surface area (TPSA) is 90.0 Å². The van der Waals surface area contributed by atoms with E-state index in [0.29, 0.717) is 32.1 Å². The third kappa shape index (κ3) is 6.08. The summed E-state index contributed by atoms with van der Waals surface area (Å²) >= 11 is 0. The summed E-state index contributed by atoms with van der Waals surface area (Å²) in [5.74, 6) is -1.33. The molecule has 3 rings (SSSR count). The predicted molar refractivity (Wildman–Crippen MR) is 99.3 cm³/mol. The maximum absolute atomic E-state index is 12.4. The molecule has 1 amide bonds. The molecule has 1 aliphatic heterocycles. The predicted octanol–water partition coefficient (Wildman–Crippen LogP) is 2.61. The van der Waals surface area contributed by atoms with E-state index in [-0.39, 0.29) is 11.3 Å². The van der Waals surface area contributed by atoms with E-state index < -0.39 is 30.6 Å². The van der Waals surface area contributed by atoms with Gasteiger partial charge >= 0.3 is 12.3 Å². The molecule has 0 aliphatic carbocycles. The molecule has 1 fully saturated rings. The number of carbonyl (C=O) groups is 2. The van der Waals surface area contributed by atoms with Crippen molar-refractivity contribution in [3.05, 3.63) is 48.2 Å². The normalized spacial score (nSPS) is 14.2. The summed E-state index contributed by atoms with van der Waals surface area (Å²) in [6.45, 7) is 1.61. The van der Waals surface area contributed by atoms with Crippen LogP contribution in [0.15, 0.2) is 42.6 Å². The first-order valence-corrected chi connectivity index (χ1v) is 8.92. The summed E-state index contributed by atoms with van der Waals surface area (Å²) < 4.78 is 50.6. The number of amides is 1. The highest BCUT2D eigenvalue weighted by Gasteiger charge is 2.31. The fraction of sp³-hybridized carbons (Fsp3) is 0.316. The quantitative estimate of drug-likeness (QED) is 0.712. The van der Waals surface area contributed by atoms with Gasteiger partial charge in [0, 0.05) is 25.0 Å². The molecule has 2 aromatic rings. The molecular weight excluding hydrogens is 407 g/mol. The van der Waals surface area contributed by atoms with Crippen molar-refractivity contribution in [1.29, 1.82) is 0 Å². The van der Waals surface area contributed by atoms with Gasteiger partial charge in [-0.05, 0) is 36.4 Å². The first-order valence-electron chi connectivity index (χ1n) is 8.92. The van der Waals surface area contributed by atoms with E-state index in [2.05, 4.69) is 15.0 Å². The lowest BCUT2D eigenvalue weighted by atomic mass is 10.2. The number of benzene rings is 1. The number of ether oxygens (including phenoxy) is 3. The Morgan fingerprint density at radius 3 is 2.50 bits per heavy atom. The van der Waals surface area contributed by atoms with Crippen LogP contribution in [0.4, 0.5) is 24.7 Å². The van der Waals surface area contributed by atoms with Gasteiger partial charge in [-0.3, -0.25) is 4.79 Å². The van der Waals surface area contributed by atoms with E-state index in [1.165, 1.54) is 12.1 Å². The van der Waals surface area contributed by atoms with E-state index in [0.717, 1.165) is 12.1 Å². The molecule has 1 aromatic heterocycles. The van der Waals surface area contributed by atoms with E-state index in [4.69, 9.17) is 9.47 Å². The Hall–Kier alpha value is -3.34. The van der Waals surface area contributed by atoms with E-state index in [1.54, 1.807) is 18.3 Å². The second-order valence-electron chi connectivity index (χ2n) is 6.17. The minimum absolute atomic E-state index is 0.223. The van der Waals surface area contributed by atoms with Crippen molar-refractivity contribution in [1.82, 2.24) is 4.98 Å². The lowest BCUT2D eigenvalue weighted by molar-refractivity contribution is -0.274. The highest BCUT2D eigenvalue weighted by Crippen LogP contribution is 2.24. The Kier molecular flexibility index (Phi) is 6.72.